The Morgan fingerprint density at radius 3 is 1.83 bits per heavy atom. The third kappa shape index (κ3) is 11.1. The quantitative estimate of drug-likeness (QED) is 0.418. The molecular formula is C22H22SiTi-8. The zero-order chi connectivity index (χ0) is 17.0. The number of hydrogen-bond donors (Lipinski definition) is 0. The first-order chi connectivity index (χ1) is 11.0. The third-order valence-electron chi connectivity index (χ3n) is 2.88. The van der Waals surface area contributed by atoms with E-state index in [0.717, 1.165) is 5.56 Å². The Labute approximate surface area is 163 Å². The molecule has 0 heterocycles. The minimum Gasteiger partial charge on any atom is -0.999 e. The van der Waals surface area contributed by atoms with Crippen molar-refractivity contribution in [3.8, 4) is 0 Å². The molecule has 0 aliphatic carbocycles. The normalized spacial score (nSPS) is 10.4. The van der Waals surface area contributed by atoms with E-state index in [-0.39, 0.29) is 21.7 Å². The molecule has 0 spiro atoms. The molecule has 0 atom stereocenters. The van der Waals surface area contributed by atoms with Crippen LogP contribution in [0, 0.1) is 37.3 Å². The summed E-state index contributed by atoms with van der Waals surface area (Å²) in [6, 6.07) is 32.2. The fourth-order valence-corrected chi connectivity index (χ4v) is 1.90. The molecular weight excluding hydrogens is 340 g/mol. The van der Waals surface area contributed by atoms with Gasteiger partial charge < -0.3 is 48.5 Å². The van der Waals surface area contributed by atoms with Crippen molar-refractivity contribution in [1.82, 2.24) is 0 Å². The molecule has 0 N–H and O–H groups in total. The smallest absolute Gasteiger partial charge is 0.00910 e. The molecule has 0 bridgehead atoms. The van der Waals surface area contributed by atoms with E-state index in [2.05, 4.69) is 69.0 Å². The van der Waals surface area contributed by atoms with Crippen LogP contribution in [-0.2, 0) is 21.7 Å². The van der Waals surface area contributed by atoms with Gasteiger partial charge in [0.2, 0.25) is 0 Å². The molecule has 3 rings (SSSR count). The van der Waals surface area contributed by atoms with Gasteiger partial charge in [0.15, 0.2) is 0 Å². The first kappa shape index (κ1) is 22.5. The van der Waals surface area contributed by atoms with Crippen LogP contribution in [0.3, 0.4) is 0 Å². The first-order valence-corrected chi connectivity index (χ1v) is 11.0. The van der Waals surface area contributed by atoms with E-state index in [4.69, 9.17) is 0 Å². The topological polar surface area (TPSA) is 0 Å². The monoisotopic (exact) mass is 362 g/mol. The maximum Gasteiger partial charge on any atom is 0.00910 e. The number of benzene rings is 1. The SMILES string of the molecule is [CH2-]C(=[C-]c1ccccc1)[Si](C)(C)C.[Ti].[c-]1[c-][c-][cH-][c-]1.c1cc[cH-]c1. The van der Waals surface area contributed by atoms with Gasteiger partial charge in [-0.15, -0.1) is 0 Å². The van der Waals surface area contributed by atoms with E-state index < -0.39 is 8.07 Å². The molecule has 0 radical (unpaired) electrons. The van der Waals surface area contributed by atoms with Crippen molar-refractivity contribution in [1.29, 1.82) is 0 Å². The van der Waals surface area contributed by atoms with Gasteiger partial charge in [0.05, 0.1) is 0 Å². The third-order valence-corrected chi connectivity index (χ3v) is 4.82. The van der Waals surface area contributed by atoms with Gasteiger partial charge in [-0.2, -0.15) is 18.2 Å². The molecule has 0 amide bonds. The fraction of sp³-hybridized carbons (Fsp3) is 0.136. The maximum atomic E-state index is 4.07. The first-order valence-electron chi connectivity index (χ1n) is 7.51. The molecule has 3 aromatic carbocycles. The molecule has 0 aliphatic heterocycles. The zero-order valence-corrected chi connectivity index (χ0v) is 17.1. The molecule has 3 aromatic rings. The largest absolute Gasteiger partial charge is 0.999 e. The van der Waals surface area contributed by atoms with Crippen molar-refractivity contribution in [2.24, 2.45) is 0 Å². The molecule has 24 heavy (non-hydrogen) atoms. The molecule has 0 saturated heterocycles. The summed E-state index contributed by atoms with van der Waals surface area (Å²) in [5.41, 5.74) is 1.13. The Kier molecular flexibility index (Phi) is 12.0. The molecule has 0 saturated carbocycles. The predicted molar refractivity (Wildman–Crippen MR) is 100 cm³/mol. The fourth-order valence-electron chi connectivity index (χ4n) is 1.38. The van der Waals surface area contributed by atoms with E-state index in [1.807, 2.05) is 48.5 Å². The van der Waals surface area contributed by atoms with Crippen molar-refractivity contribution in [3.63, 3.8) is 0 Å². The van der Waals surface area contributed by atoms with Gasteiger partial charge >= 0.3 is 0 Å². The summed E-state index contributed by atoms with van der Waals surface area (Å²) in [4.78, 5) is 0. The summed E-state index contributed by atoms with van der Waals surface area (Å²) in [5.74, 6) is 0. The summed E-state index contributed by atoms with van der Waals surface area (Å²) < 4.78 is 0. The Bertz CT molecular complexity index is 554. The minimum atomic E-state index is -1.25. The van der Waals surface area contributed by atoms with Crippen molar-refractivity contribution in [2.75, 3.05) is 0 Å². The van der Waals surface area contributed by atoms with Crippen molar-refractivity contribution >= 4 is 8.07 Å². The average Bonchev–Trinajstić information content (AvgIpc) is 3.26. The van der Waals surface area contributed by atoms with Gasteiger partial charge in [0.1, 0.15) is 0 Å². The second-order valence-corrected chi connectivity index (χ2v) is 11.0. The van der Waals surface area contributed by atoms with Crippen LogP contribution in [-0.4, -0.2) is 8.07 Å². The zero-order valence-electron chi connectivity index (χ0n) is 14.6. The van der Waals surface area contributed by atoms with Gasteiger partial charge in [0.25, 0.3) is 0 Å². The van der Waals surface area contributed by atoms with Crippen LogP contribution in [0.1, 0.15) is 5.56 Å². The standard InChI is InChI=1S/C12H16Si.C5H5.C5H.Ti/c1-11(13(2,3)4)10-12-8-6-5-7-9-12;2*1-2-4-5-3-1;/h5-9H,1H2,2-4H3;1-5H;1H;/q-2;-1;-5;. The van der Waals surface area contributed by atoms with Crippen molar-refractivity contribution in [2.45, 2.75) is 19.6 Å². The van der Waals surface area contributed by atoms with E-state index in [1.165, 1.54) is 5.20 Å². The van der Waals surface area contributed by atoms with Crippen LogP contribution in [0.4, 0.5) is 0 Å². The molecule has 126 valence electrons. The van der Waals surface area contributed by atoms with Gasteiger partial charge in [-0.1, -0.05) is 50.0 Å². The number of hydrogen-bond acceptors (Lipinski definition) is 0. The van der Waals surface area contributed by atoms with Gasteiger partial charge in [0, 0.05) is 29.8 Å². The molecule has 0 nitrogen and oxygen atoms in total. The Morgan fingerprint density at radius 2 is 1.50 bits per heavy atom. The Hall–Kier alpha value is -1.54. The van der Waals surface area contributed by atoms with Crippen LogP contribution in [0.2, 0.25) is 19.6 Å². The van der Waals surface area contributed by atoms with E-state index in [0.29, 0.717) is 0 Å². The number of allylic oxidation sites excluding steroid dienone is 1. The van der Waals surface area contributed by atoms with E-state index in [1.54, 1.807) is 6.07 Å². The molecule has 0 aromatic heterocycles. The summed E-state index contributed by atoms with van der Waals surface area (Å²) in [6.45, 7) is 10.9. The van der Waals surface area contributed by atoms with E-state index in [9.17, 15) is 0 Å². The van der Waals surface area contributed by atoms with Gasteiger partial charge in [-0.25, -0.2) is 17.7 Å². The summed E-state index contributed by atoms with van der Waals surface area (Å²) >= 11 is 0. The van der Waals surface area contributed by atoms with Crippen LogP contribution in [0.25, 0.3) is 0 Å². The van der Waals surface area contributed by atoms with Crippen molar-refractivity contribution < 1.29 is 21.7 Å². The van der Waals surface area contributed by atoms with Crippen LogP contribution < -0.4 is 0 Å². The molecule has 0 aliphatic rings. The average molecular weight is 362 g/mol. The predicted octanol–water partition coefficient (Wildman–Crippen LogP) is 5.49. The Morgan fingerprint density at radius 1 is 0.958 bits per heavy atom. The molecule has 0 fully saturated rings. The molecule has 0 unspecified atom stereocenters. The summed E-state index contributed by atoms with van der Waals surface area (Å²) in [5, 5.41) is 1.18. The molecule has 2 heteroatoms. The van der Waals surface area contributed by atoms with Crippen LogP contribution >= 0.6 is 0 Å². The second-order valence-electron chi connectivity index (χ2n) is 5.86. The summed E-state index contributed by atoms with van der Waals surface area (Å²) in [7, 11) is -1.25. The second kappa shape index (κ2) is 12.8. The van der Waals surface area contributed by atoms with Crippen LogP contribution in [0.15, 0.2) is 71.9 Å². The Balaban J connectivity index is 0.000000393. The number of rotatable bonds is 2. The van der Waals surface area contributed by atoms with E-state index >= 15 is 0 Å². The maximum absolute atomic E-state index is 4.07. The van der Waals surface area contributed by atoms with Gasteiger partial charge in [-0.3, -0.25) is 0 Å². The summed E-state index contributed by atoms with van der Waals surface area (Å²) in [6.07, 6.45) is 3.35. The minimum absolute atomic E-state index is 0. The van der Waals surface area contributed by atoms with Crippen molar-refractivity contribution in [3.05, 3.63) is 115 Å². The van der Waals surface area contributed by atoms with Gasteiger partial charge in [-0.05, 0) is 0 Å². The van der Waals surface area contributed by atoms with Crippen LogP contribution in [0.5, 0.6) is 0 Å².